The van der Waals surface area contributed by atoms with Crippen LogP contribution in [0.5, 0.6) is 5.88 Å². The van der Waals surface area contributed by atoms with E-state index in [0.717, 1.165) is 11.3 Å². The monoisotopic (exact) mass is 296 g/mol. The van der Waals surface area contributed by atoms with E-state index in [0.29, 0.717) is 11.4 Å². The van der Waals surface area contributed by atoms with E-state index in [4.69, 9.17) is 9.47 Å². The van der Waals surface area contributed by atoms with Gasteiger partial charge in [-0.3, -0.25) is 4.79 Å². The Labute approximate surface area is 128 Å². The summed E-state index contributed by atoms with van der Waals surface area (Å²) in [5.74, 6) is 0.136. The van der Waals surface area contributed by atoms with Crippen LogP contribution in [0, 0.1) is 0 Å². The van der Waals surface area contributed by atoms with Gasteiger partial charge in [0.05, 0.1) is 19.1 Å². The van der Waals surface area contributed by atoms with Crippen LogP contribution < -0.4 is 4.74 Å². The molecular formula is C17H16N2O3. The number of fused-ring (bicyclic) bond motifs is 1. The number of allylic oxidation sites excluding steroid dienone is 4. The Morgan fingerprint density at radius 3 is 3.05 bits per heavy atom. The molecule has 0 bridgehead atoms. The van der Waals surface area contributed by atoms with E-state index in [1.807, 2.05) is 30.4 Å². The first-order chi connectivity index (χ1) is 10.7. The van der Waals surface area contributed by atoms with Crippen LogP contribution in [-0.4, -0.2) is 36.1 Å². The van der Waals surface area contributed by atoms with Gasteiger partial charge in [-0.2, -0.15) is 0 Å². The number of carbonyl (C=O) groups is 1. The van der Waals surface area contributed by atoms with Crippen molar-refractivity contribution >= 4 is 5.91 Å². The predicted octanol–water partition coefficient (Wildman–Crippen LogP) is 2.45. The lowest BCUT2D eigenvalue weighted by Crippen LogP contribution is -2.31. The average molecular weight is 296 g/mol. The third-order valence-corrected chi connectivity index (χ3v) is 3.58. The number of pyridine rings is 1. The molecule has 1 unspecified atom stereocenters. The van der Waals surface area contributed by atoms with Crippen LogP contribution in [0.4, 0.5) is 0 Å². The average Bonchev–Trinajstić information content (AvgIpc) is 2.60. The fourth-order valence-electron chi connectivity index (χ4n) is 2.48. The van der Waals surface area contributed by atoms with Gasteiger partial charge in [0, 0.05) is 18.8 Å². The number of methoxy groups -OCH3 is 1. The molecule has 1 aliphatic carbocycles. The standard InChI is InChI=1S/C17H16N2O3/c1-19(17(20)13-6-4-10-18-16(13)21-2)14-8-3-9-15-12(14)7-5-11-22-15/h3-11,15H,1-2H3. The van der Waals surface area contributed by atoms with Gasteiger partial charge in [0.15, 0.2) is 0 Å². The second kappa shape index (κ2) is 5.89. The number of rotatable bonds is 3. The van der Waals surface area contributed by atoms with E-state index in [1.165, 1.54) is 7.11 Å². The molecule has 2 heterocycles. The van der Waals surface area contributed by atoms with Crippen LogP contribution in [0.1, 0.15) is 10.4 Å². The maximum atomic E-state index is 12.8. The number of ether oxygens (including phenoxy) is 2. The van der Waals surface area contributed by atoms with Crippen LogP contribution >= 0.6 is 0 Å². The molecule has 2 aliphatic rings. The summed E-state index contributed by atoms with van der Waals surface area (Å²) in [5.41, 5.74) is 2.17. The maximum Gasteiger partial charge on any atom is 0.263 e. The van der Waals surface area contributed by atoms with E-state index in [9.17, 15) is 4.79 Å². The van der Waals surface area contributed by atoms with E-state index in [2.05, 4.69) is 4.98 Å². The Morgan fingerprint density at radius 2 is 2.23 bits per heavy atom. The molecule has 22 heavy (non-hydrogen) atoms. The minimum Gasteiger partial charge on any atom is -0.489 e. The maximum absolute atomic E-state index is 12.8. The highest BCUT2D eigenvalue weighted by Gasteiger charge is 2.27. The Morgan fingerprint density at radius 1 is 1.36 bits per heavy atom. The van der Waals surface area contributed by atoms with Gasteiger partial charge in [-0.15, -0.1) is 0 Å². The fourth-order valence-corrected chi connectivity index (χ4v) is 2.48. The normalized spacial score (nSPS) is 18.7. The van der Waals surface area contributed by atoms with Gasteiger partial charge in [-0.1, -0.05) is 6.08 Å². The van der Waals surface area contributed by atoms with Crippen molar-refractivity contribution in [3.05, 3.63) is 71.8 Å². The van der Waals surface area contributed by atoms with Crippen molar-refractivity contribution in [3.63, 3.8) is 0 Å². The summed E-state index contributed by atoms with van der Waals surface area (Å²) in [7, 11) is 3.23. The minimum absolute atomic E-state index is 0.156. The quantitative estimate of drug-likeness (QED) is 0.859. The summed E-state index contributed by atoms with van der Waals surface area (Å²) in [4.78, 5) is 18.4. The number of nitrogens with zero attached hydrogens (tertiary/aromatic N) is 2. The van der Waals surface area contributed by atoms with Crippen molar-refractivity contribution in [1.29, 1.82) is 0 Å². The molecule has 0 fully saturated rings. The van der Waals surface area contributed by atoms with Crippen molar-refractivity contribution in [2.24, 2.45) is 0 Å². The molecule has 1 amide bonds. The molecular weight excluding hydrogens is 280 g/mol. The van der Waals surface area contributed by atoms with Gasteiger partial charge in [0.25, 0.3) is 5.91 Å². The van der Waals surface area contributed by atoms with Crippen LogP contribution in [-0.2, 0) is 4.74 Å². The van der Waals surface area contributed by atoms with Gasteiger partial charge in [-0.05, 0) is 36.4 Å². The van der Waals surface area contributed by atoms with Gasteiger partial charge >= 0.3 is 0 Å². The third-order valence-electron chi connectivity index (χ3n) is 3.58. The molecule has 1 aromatic rings. The van der Waals surface area contributed by atoms with E-state index in [-0.39, 0.29) is 12.0 Å². The van der Waals surface area contributed by atoms with Gasteiger partial charge in [-0.25, -0.2) is 4.98 Å². The van der Waals surface area contributed by atoms with Crippen LogP contribution in [0.3, 0.4) is 0 Å². The second-order valence-electron chi connectivity index (χ2n) is 4.87. The van der Waals surface area contributed by atoms with Crippen molar-refractivity contribution in [2.75, 3.05) is 14.2 Å². The minimum atomic E-state index is -0.180. The van der Waals surface area contributed by atoms with E-state index < -0.39 is 0 Å². The molecule has 1 aliphatic heterocycles. The van der Waals surface area contributed by atoms with Crippen molar-refractivity contribution < 1.29 is 14.3 Å². The van der Waals surface area contributed by atoms with Crippen molar-refractivity contribution in [1.82, 2.24) is 9.88 Å². The van der Waals surface area contributed by atoms with Gasteiger partial charge < -0.3 is 14.4 Å². The summed E-state index contributed by atoms with van der Waals surface area (Å²) < 4.78 is 10.7. The summed E-state index contributed by atoms with van der Waals surface area (Å²) in [6.45, 7) is 0. The zero-order chi connectivity index (χ0) is 15.5. The number of hydrogen-bond acceptors (Lipinski definition) is 4. The molecule has 0 radical (unpaired) electrons. The highest BCUT2D eigenvalue weighted by atomic mass is 16.5. The topological polar surface area (TPSA) is 51.7 Å². The lowest BCUT2D eigenvalue weighted by molar-refractivity contribution is 0.0829. The molecule has 5 heteroatoms. The second-order valence-corrected chi connectivity index (χ2v) is 4.87. The molecule has 0 spiro atoms. The number of hydrogen-bond donors (Lipinski definition) is 0. The SMILES string of the molecule is COc1ncccc1C(=O)N(C)C1=CC=CC2OC=CC=C12. The lowest BCUT2D eigenvalue weighted by atomic mass is 9.98. The number of aromatic nitrogens is 1. The molecule has 112 valence electrons. The van der Waals surface area contributed by atoms with Crippen molar-refractivity contribution in [2.45, 2.75) is 6.10 Å². The smallest absolute Gasteiger partial charge is 0.263 e. The number of carbonyl (C=O) groups excluding carboxylic acids is 1. The Kier molecular flexibility index (Phi) is 3.78. The Balaban J connectivity index is 1.93. The van der Waals surface area contributed by atoms with Crippen LogP contribution in [0.2, 0.25) is 0 Å². The van der Waals surface area contributed by atoms with Crippen LogP contribution in [0.15, 0.2) is 66.2 Å². The lowest BCUT2D eigenvalue weighted by Gasteiger charge is -2.29. The summed E-state index contributed by atoms with van der Waals surface area (Å²) >= 11 is 0. The van der Waals surface area contributed by atoms with Gasteiger partial charge in [0.2, 0.25) is 5.88 Å². The zero-order valence-corrected chi connectivity index (χ0v) is 12.4. The van der Waals surface area contributed by atoms with E-state index in [1.54, 1.807) is 36.5 Å². The number of likely N-dealkylation sites (N-methyl/N-ethyl adjacent to an activating group) is 1. The van der Waals surface area contributed by atoms with Crippen LogP contribution in [0.25, 0.3) is 0 Å². The molecule has 5 nitrogen and oxygen atoms in total. The highest BCUT2D eigenvalue weighted by Crippen LogP contribution is 2.29. The van der Waals surface area contributed by atoms with Gasteiger partial charge in [0.1, 0.15) is 11.7 Å². The summed E-state index contributed by atoms with van der Waals surface area (Å²) in [6.07, 6.45) is 12.6. The molecule has 0 aromatic carbocycles. The fraction of sp³-hybridized carbons (Fsp3) is 0.176. The molecule has 1 aromatic heterocycles. The number of amides is 1. The summed E-state index contributed by atoms with van der Waals surface area (Å²) in [5, 5.41) is 0. The Hall–Kier alpha value is -2.82. The molecule has 3 rings (SSSR count). The first kappa shape index (κ1) is 14.1. The Bertz CT molecular complexity index is 716. The van der Waals surface area contributed by atoms with Crippen molar-refractivity contribution in [3.8, 4) is 5.88 Å². The molecule has 0 saturated carbocycles. The molecule has 0 N–H and O–H groups in total. The predicted molar refractivity (Wildman–Crippen MR) is 82.2 cm³/mol. The first-order valence-corrected chi connectivity index (χ1v) is 6.90. The zero-order valence-electron chi connectivity index (χ0n) is 12.4. The summed E-state index contributed by atoms with van der Waals surface area (Å²) in [6, 6.07) is 3.42. The molecule has 0 saturated heterocycles. The molecule has 1 atom stereocenters. The highest BCUT2D eigenvalue weighted by molar-refractivity contribution is 5.97. The third kappa shape index (κ3) is 2.41. The largest absolute Gasteiger partial charge is 0.489 e. The van der Waals surface area contributed by atoms with E-state index >= 15 is 0 Å². The first-order valence-electron chi connectivity index (χ1n) is 6.90.